The number of rotatable bonds is 4. The molecular weight excluding hydrogens is 350 g/mol. The molecule has 4 nitrogen and oxygen atoms in total. The van der Waals surface area contributed by atoms with Crippen molar-refractivity contribution in [2.75, 3.05) is 10.6 Å². The van der Waals surface area contributed by atoms with Crippen molar-refractivity contribution in [3.63, 3.8) is 0 Å². The highest BCUT2D eigenvalue weighted by Gasteiger charge is 2.11. The maximum atomic E-state index is 13.6. The highest BCUT2D eigenvalue weighted by molar-refractivity contribution is 6.04. The number of pyridine rings is 1. The van der Waals surface area contributed by atoms with Crippen LogP contribution in [-0.2, 0) is 0 Å². The Morgan fingerprint density at radius 2 is 1.65 bits per heavy atom. The van der Waals surface area contributed by atoms with Gasteiger partial charge >= 0.3 is 0 Å². The highest BCUT2D eigenvalue weighted by Crippen LogP contribution is 2.20. The molecule has 0 atom stereocenters. The van der Waals surface area contributed by atoms with Gasteiger partial charge < -0.3 is 10.6 Å². The Morgan fingerprint density at radius 3 is 2.38 bits per heavy atom. The smallest absolute Gasteiger partial charge is 0.255 e. The van der Waals surface area contributed by atoms with Crippen LogP contribution in [0.2, 0.25) is 0 Å². The maximum Gasteiger partial charge on any atom is 0.255 e. The summed E-state index contributed by atoms with van der Waals surface area (Å²) >= 11 is 0. The minimum Gasteiger partial charge on any atom is -0.340 e. The van der Waals surface area contributed by atoms with Crippen molar-refractivity contribution < 1.29 is 22.4 Å². The Balaban J connectivity index is 1.77. The molecule has 3 rings (SSSR count). The number of halogens is 4. The van der Waals surface area contributed by atoms with E-state index in [1.807, 2.05) is 0 Å². The summed E-state index contributed by atoms with van der Waals surface area (Å²) in [6.45, 7) is 0. The Labute approximate surface area is 145 Å². The summed E-state index contributed by atoms with van der Waals surface area (Å²) in [6, 6.07) is 8.69. The van der Waals surface area contributed by atoms with Gasteiger partial charge in [0.1, 0.15) is 17.5 Å². The largest absolute Gasteiger partial charge is 0.340 e. The molecule has 0 saturated carbocycles. The van der Waals surface area contributed by atoms with Gasteiger partial charge in [-0.3, -0.25) is 4.79 Å². The van der Waals surface area contributed by atoms with Crippen LogP contribution in [0.3, 0.4) is 0 Å². The highest BCUT2D eigenvalue weighted by atomic mass is 19.2. The monoisotopic (exact) mass is 361 g/mol. The van der Waals surface area contributed by atoms with Crippen LogP contribution < -0.4 is 10.6 Å². The lowest BCUT2D eigenvalue weighted by Crippen LogP contribution is -2.13. The van der Waals surface area contributed by atoms with Gasteiger partial charge in [0.05, 0.1) is 5.69 Å². The molecule has 0 aliphatic rings. The first-order chi connectivity index (χ1) is 12.4. The van der Waals surface area contributed by atoms with Crippen molar-refractivity contribution in [3.8, 4) is 0 Å². The lowest BCUT2D eigenvalue weighted by molar-refractivity contribution is 0.102. The third kappa shape index (κ3) is 3.97. The molecule has 8 heteroatoms. The molecule has 0 bridgehead atoms. The number of benzene rings is 2. The van der Waals surface area contributed by atoms with Crippen molar-refractivity contribution >= 4 is 23.1 Å². The van der Waals surface area contributed by atoms with E-state index in [0.717, 1.165) is 24.3 Å². The number of nitrogens with one attached hydrogen (secondary N) is 2. The average Bonchev–Trinajstić information content (AvgIpc) is 2.61. The molecule has 0 aliphatic heterocycles. The second-order valence-electron chi connectivity index (χ2n) is 5.26. The van der Waals surface area contributed by atoms with Gasteiger partial charge in [-0.2, -0.15) is 0 Å². The first kappa shape index (κ1) is 17.4. The number of amides is 1. The van der Waals surface area contributed by atoms with E-state index in [-0.39, 0.29) is 22.8 Å². The molecule has 0 aliphatic carbocycles. The van der Waals surface area contributed by atoms with E-state index in [4.69, 9.17) is 0 Å². The molecule has 26 heavy (non-hydrogen) atoms. The molecule has 3 aromatic rings. The second kappa shape index (κ2) is 7.22. The molecule has 1 aromatic heterocycles. The Morgan fingerprint density at radius 1 is 0.846 bits per heavy atom. The van der Waals surface area contributed by atoms with E-state index in [0.29, 0.717) is 6.07 Å². The van der Waals surface area contributed by atoms with Crippen LogP contribution in [0.4, 0.5) is 34.8 Å². The molecule has 1 amide bonds. The number of hydrogen-bond acceptors (Lipinski definition) is 3. The van der Waals surface area contributed by atoms with E-state index in [1.54, 1.807) is 0 Å². The minimum atomic E-state index is -1.03. The number of nitrogens with zero attached hydrogens (tertiary/aromatic N) is 1. The van der Waals surface area contributed by atoms with E-state index in [9.17, 15) is 22.4 Å². The van der Waals surface area contributed by atoms with Crippen molar-refractivity contribution in [2.24, 2.45) is 0 Å². The Bertz CT molecular complexity index is 978. The fourth-order valence-electron chi connectivity index (χ4n) is 2.15. The second-order valence-corrected chi connectivity index (χ2v) is 5.26. The van der Waals surface area contributed by atoms with Gasteiger partial charge in [0.25, 0.3) is 5.91 Å². The zero-order valence-electron chi connectivity index (χ0n) is 13.1. The van der Waals surface area contributed by atoms with Crippen LogP contribution in [0.15, 0.2) is 54.7 Å². The summed E-state index contributed by atoms with van der Waals surface area (Å²) in [7, 11) is 0. The summed E-state index contributed by atoms with van der Waals surface area (Å²) in [5.74, 6) is -4.14. The third-order valence-electron chi connectivity index (χ3n) is 3.39. The topological polar surface area (TPSA) is 54.0 Å². The molecule has 0 spiro atoms. The molecule has 132 valence electrons. The zero-order chi connectivity index (χ0) is 18.7. The quantitative estimate of drug-likeness (QED) is 0.666. The number of aromatic nitrogens is 1. The zero-order valence-corrected chi connectivity index (χ0v) is 13.1. The minimum absolute atomic E-state index is 0.133. The summed E-state index contributed by atoms with van der Waals surface area (Å²) in [5, 5.41) is 5.04. The normalized spacial score (nSPS) is 10.5. The van der Waals surface area contributed by atoms with Gasteiger partial charge in [0.2, 0.25) is 0 Å². The van der Waals surface area contributed by atoms with Gasteiger partial charge in [-0.15, -0.1) is 0 Å². The van der Waals surface area contributed by atoms with E-state index in [1.165, 1.54) is 24.4 Å². The SMILES string of the molecule is O=C(Nc1ccc(F)cc1F)c1ccnc(Nc2ccc(F)c(F)c2)c1. The molecular formula is C18H11F4N3O. The van der Waals surface area contributed by atoms with Crippen molar-refractivity contribution in [1.82, 2.24) is 4.98 Å². The molecule has 2 N–H and O–H groups in total. The van der Waals surface area contributed by atoms with E-state index in [2.05, 4.69) is 15.6 Å². The predicted molar refractivity (Wildman–Crippen MR) is 88.2 cm³/mol. The molecule has 1 heterocycles. The lowest BCUT2D eigenvalue weighted by Gasteiger charge is -2.09. The van der Waals surface area contributed by atoms with Gasteiger partial charge in [0, 0.05) is 29.6 Å². The van der Waals surface area contributed by atoms with Crippen LogP contribution in [0.5, 0.6) is 0 Å². The summed E-state index contributed by atoms with van der Waals surface area (Å²) in [6.07, 6.45) is 1.32. The van der Waals surface area contributed by atoms with Crippen LogP contribution >= 0.6 is 0 Å². The first-order valence-electron chi connectivity index (χ1n) is 7.37. The number of hydrogen-bond donors (Lipinski definition) is 2. The molecule has 0 saturated heterocycles. The van der Waals surface area contributed by atoms with Gasteiger partial charge in [-0.1, -0.05) is 0 Å². The number of carbonyl (C=O) groups excluding carboxylic acids is 1. The van der Waals surface area contributed by atoms with Gasteiger partial charge in [-0.05, 0) is 36.4 Å². The number of carbonyl (C=O) groups is 1. The van der Waals surface area contributed by atoms with Crippen LogP contribution in [0.1, 0.15) is 10.4 Å². The molecule has 0 radical (unpaired) electrons. The molecule has 0 fully saturated rings. The molecule has 0 unspecified atom stereocenters. The van der Waals surface area contributed by atoms with Crippen LogP contribution in [0.25, 0.3) is 0 Å². The summed E-state index contributed by atoms with van der Waals surface area (Å²) < 4.78 is 52.7. The average molecular weight is 361 g/mol. The van der Waals surface area contributed by atoms with Crippen LogP contribution in [-0.4, -0.2) is 10.9 Å². The van der Waals surface area contributed by atoms with Crippen molar-refractivity contribution in [2.45, 2.75) is 0 Å². The van der Waals surface area contributed by atoms with E-state index >= 15 is 0 Å². The van der Waals surface area contributed by atoms with E-state index < -0.39 is 29.2 Å². The standard InChI is InChI=1S/C18H11F4N3O/c19-11-1-4-16(15(22)8-11)25-18(26)10-5-6-23-17(7-10)24-12-2-3-13(20)14(21)9-12/h1-9H,(H,23,24)(H,25,26). The Kier molecular flexibility index (Phi) is 4.83. The lowest BCUT2D eigenvalue weighted by atomic mass is 10.2. The third-order valence-corrected chi connectivity index (χ3v) is 3.39. The summed E-state index contributed by atoms with van der Waals surface area (Å²) in [4.78, 5) is 16.2. The summed E-state index contributed by atoms with van der Waals surface area (Å²) in [5.41, 5.74) is 0.190. The Hall–Kier alpha value is -3.42. The predicted octanol–water partition coefficient (Wildman–Crippen LogP) is 4.63. The van der Waals surface area contributed by atoms with Crippen LogP contribution in [0, 0.1) is 23.3 Å². The van der Waals surface area contributed by atoms with Crippen molar-refractivity contribution in [3.05, 3.63) is 83.6 Å². The fourth-order valence-corrected chi connectivity index (χ4v) is 2.15. The van der Waals surface area contributed by atoms with Gasteiger partial charge in [-0.25, -0.2) is 22.5 Å². The maximum absolute atomic E-state index is 13.6. The molecule has 2 aromatic carbocycles. The number of anilines is 3. The first-order valence-corrected chi connectivity index (χ1v) is 7.37. The fraction of sp³-hybridized carbons (Fsp3) is 0. The van der Waals surface area contributed by atoms with Crippen molar-refractivity contribution in [1.29, 1.82) is 0 Å². The van der Waals surface area contributed by atoms with Gasteiger partial charge in [0.15, 0.2) is 11.6 Å².